The quantitative estimate of drug-likeness (QED) is 0.586. The Kier molecular flexibility index (Phi) is 5.14. The molecule has 0 amide bonds. The number of hydrogen-bond donors (Lipinski definition) is 0. The lowest BCUT2D eigenvalue weighted by Gasteiger charge is -2.23. The van der Waals surface area contributed by atoms with E-state index in [-0.39, 0.29) is 23.6 Å². The van der Waals surface area contributed by atoms with Gasteiger partial charge in [-0.25, -0.2) is 0 Å². The van der Waals surface area contributed by atoms with E-state index in [1.54, 1.807) is 6.08 Å². The van der Waals surface area contributed by atoms with Gasteiger partial charge in [-0.3, -0.25) is 4.79 Å². The molecular formula is C20H23ClN2O. The topological polar surface area (TPSA) is 24.2 Å². The van der Waals surface area contributed by atoms with Gasteiger partial charge in [-0.05, 0) is 24.1 Å². The first-order chi connectivity index (χ1) is 10.9. The van der Waals surface area contributed by atoms with Gasteiger partial charge in [-0.15, -0.1) is 0 Å². The zero-order valence-electron chi connectivity index (χ0n) is 14.6. The fraction of sp³-hybridized carbons (Fsp3) is 0.300. The summed E-state index contributed by atoms with van der Waals surface area (Å²) in [5, 5.41) is 0. The highest BCUT2D eigenvalue weighted by Crippen LogP contribution is 2.46. The number of allylic oxidation sites excluding steroid dienone is 2. The van der Waals surface area contributed by atoms with Crippen molar-refractivity contribution in [2.75, 3.05) is 11.9 Å². The van der Waals surface area contributed by atoms with Crippen LogP contribution in [0.25, 0.3) is 0 Å². The maximum Gasteiger partial charge on any atom is 0.222 e. The Morgan fingerprint density at radius 1 is 1.17 bits per heavy atom. The highest BCUT2D eigenvalue weighted by molar-refractivity contribution is 5.91. The van der Waals surface area contributed by atoms with Crippen LogP contribution in [0, 0.1) is 6.92 Å². The van der Waals surface area contributed by atoms with Crippen molar-refractivity contribution in [1.82, 2.24) is 0 Å². The molecule has 2 aromatic rings. The number of ketones is 1. The minimum Gasteiger partial charge on any atom is -1.00 e. The molecule has 1 aliphatic rings. The number of rotatable bonds is 3. The zero-order chi connectivity index (χ0) is 16.6. The number of carbonyl (C=O) groups excluding carboxylic acids is 1. The fourth-order valence-corrected chi connectivity index (χ4v) is 3.27. The van der Waals surface area contributed by atoms with Gasteiger partial charge in [0.2, 0.25) is 12.3 Å². The van der Waals surface area contributed by atoms with E-state index in [4.69, 9.17) is 0 Å². The smallest absolute Gasteiger partial charge is 0.222 e. The standard InChI is InChI=1S/C20H23N2O.ClH/c1-15-9-11-22(12-10-15)14-16(23)13-19-20(2,3)17-7-5-6-8-18(17)21(19)4;/h5-13H,14H2,1-4H3;1H/q+1;/p-1/b19-13-;. The van der Waals surface area contributed by atoms with Crippen molar-refractivity contribution < 1.29 is 21.8 Å². The van der Waals surface area contributed by atoms with Crippen LogP contribution in [0.2, 0.25) is 0 Å². The normalized spacial score (nSPS) is 16.7. The van der Waals surface area contributed by atoms with Crippen molar-refractivity contribution in [3.63, 3.8) is 0 Å². The SMILES string of the molecule is Cc1cc[n+](CC(=O)/C=C2\N(C)c3ccccc3C2(C)C)cc1.[Cl-]. The molecule has 2 heterocycles. The first kappa shape index (κ1) is 18.2. The van der Waals surface area contributed by atoms with Crippen LogP contribution in [-0.2, 0) is 16.8 Å². The van der Waals surface area contributed by atoms with E-state index in [0.717, 1.165) is 5.70 Å². The number of likely N-dealkylation sites (N-methyl/N-ethyl adjacent to an activating group) is 1. The Morgan fingerprint density at radius 3 is 2.42 bits per heavy atom. The molecule has 0 fully saturated rings. The van der Waals surface area contributed by atoms with Gasteiger partial charge in [-0.1, -0.05) is 32.0 Å². The summed E-state index contributed by atoms with van der Waals surface area (Å²) in [6.07, 6.45) is 5.70. The Morgan fingerprint density at radius 2 is 1.79 bits per heavy atom. The van der Waals surface area contributed by atoms with Gasteiger partial charge < -0.3 is 17.3 Å². The molecule has 0 saturated heterocycles. The van der Waals surface area contributed by atoms with Gasteiger partial charge in [0.1, 0.15) is 0 Å². The number of hydrogen-bond acceptors (Lipinski definition) is 2. The predicted molar refractivity (Wildman–Crippen MR) is 92.3 cm³/mol. The number of anilines is 1. The van der Waals surface area contributed by atoms with Crippen molar-refractivity contribution >= 4 is 11.5 Å². The lowest BCUT2D eigenvalue weighted by molar-refractivity contribution is -0.683. The third-order valence-corrected chi connectivity index (χ3v) is 4.63. The molecule has 1 aromatic carbocycles. The maximum atomic E-state index is 12.5. The Hall–Kier alpha value is -2.13. The Balaban J connectivity index is 0.00000208. The summed E-state index contributed by atoms with van der Waals surface area (Å²) >= 11 is 0. The molecule has 4 heteroatoms. The van der Waals surface area contributed by atoms with E-state index in [1.807, 2.05) is 49.1 Å². The second-order valence-corrected chi connectivity index (χ2v) is 6.74. The molecule has 0 bridgehead atoms. The molecule has 24 heavy (non-hydrogen) atoms. The van der Waals surface area contributed by atoms with E-state index >= 15 is 0 Å². The minimum atomic E-state index is -0.154. The minimum absolute atomic E-state index is 0. The second kappa shape index (κ2) is 6.78. The van der Waals surface area contributed by atoms with E-state index in [9.17, 15) is 4.79 Å². The van der Waals surface area contributed by atoms with Gasteiger partial charge in [0, 0.05) is 42.1 Å². The van der Waals surface area contributed by atoms with Crippen molar-refractivity contribution in [1.29, 1.82) is 0 Å². The molecule has 0 saturated carbocycles. The summed E-state index contributed by atoms with van der Waals surface area (Å²) in [5.74, 6) is 0.113. The summed E-state index contributed by atoms with van der Waals surface area (Å²) in [7, 11) is 2.03. The van der Waals surface area contributed by atoms with Crippen molar-refractivity contribution in [3.8, 4) is 0 Å². The molecule has 0 aliphatic carbocycles. The van der Waals surface area contributed by atoms with Gasteiger partial charge in [0.15, 0.2) is 12.4 Å². The average molecular weight is 343 g/mol. The number of carbonyl (C=O) groups is 1. The fourth-order valence-electron chi connectivity index (χ4n) is 3.27. The molecular weight excluding hydrogens is 320 g/mol. The largest absolute Gasteiger partial charge is 1.00 e. The third kappa shape index (κ3) is 3.22. The molecule has 1 aliphatic heterocycles. The third-order valence-electron chi connectivity index (χ3n) is 4.63. The number of pyridine rings is 1. The van der Waals surface area contributed by atoms with Crippen LogP contribution in [0.4, 0.5) is 5.69 Å². The number of para-hydroxylation sites is 1. The molecule has 1 aromatic heterocycles. The molecule has 0 radical (unpaired) electrons. The van der Waals surface area contributed by atoms with Crippen molar-refractivity contribution in [2.24, 2.45) is 0 Å². The molecule has 126 valence electrons. The Labute approximate surface area is 150 Å². The van der Waals surface area contributed by atoms with Gasteiger partial charge in [0.25, 0.3) is 0 Å². The summed E-state index contributed by atoms with van der Waals surface area (Å²) in [6.45, 7) is 6.76. The maximum absolute atomic E-state index is 12.5. The van der Waals surface area contributed by atoms with Gasteiger partial charge in [-0.2, -0.15) is 4.57 Å². The molecule has 0 atom stereocenters. The number of benzene rings is 1. The van der Waals surface area contributed by atoms with Crippen LogP contribution < -0.4 is 21.9 Å². The van der Waals surface area contributed by atoms with Gasteiger partial charge in [0.05, 0.1) is 0 Å². The first-order valence-corrected chi connectivity index (χ1v) is 7.93. The lowest BCUT2D eigenvalue weighted by Crippen LogP contribution is -3.00. The van der Waals surface area contributed by atoms with E-state index in [1.165, 1.54) is 16.8 Å². The van der Waals surface area contributed by atoms with E-state index < -0.39 is 0 Å². The molecule has 0 spiro atoms. The summed E-state index contributed by atoms with van der Waals surface area (Å²) < 4.78 is 1.92. The van der Waals surface area contributed by atoms with Crippen LogP contribution in [0.1, 0.15) is 25.0 Å². The molecule has 0 N–H and O–H groups in total. The number of fused-ring (bicyclic) bond motifs is 1. The molecule has 3 nitrogen and oxygen atoms in total. The highest BCUT2D eigenvalue weighted by Gasteiger charge is 2.38. The number of halogens is 1. The van der Waals surface area contributed by atoms with Gasteiger partial charge >= 0.3 is 0 Å². The van der Waals surface area contributed by atoms with E-state index in [2.05, 4.69) is 36.9 Å². The van der Waals surface area contributed by atoms with Crippen LogP contribution in [0.15, 0.2) is 60.6 Å². The Bertz CT molecular complexity index is 778. The predicted octanol–water partition coefficient (Wildman–Crippen LogP) is 0.167. The number of aromatic nitrogens is 1. The average Bonchev–Trinajstić information content (AvgIpc) is 2.71. The van der Waals surface area contributed by atoms with E-state index in [0.29, 0.717) is 6.54 Å². The summed E-state index contributed by atoms with van der Waals surface area (Å²) in [6, 6.07) is 12.4. The molecule has 0 unspecified atom stereocenters. The van der Waals surface area contributed by atoms with Crippen molar-refractivity contribution in [2.45, 2.75) is 32.7 Å². The van der Waals surface area contributed by atoms with Crippen LogP contribution in [-0.4, -0.2) is 12.8 Å². The number of aryl methyl sites for hydroxylation is 1. The number of nitrogens with zero attached hydrogens (tertiary/aromatic N) is 2. The summed E-state index contributed by atoms with van der Waals surface area (Å²) in [5.41, 5.74) is 4.54. The summed E-state index contributed by atoms with van der Waals surface area (Å²) in [4.78, 5) is 14.6. The highest BCUT2D eigenvalue weighted by atomic mass is 35.5. The van der Waals surface area contributed by atoms with Crippen molar-refractivity contribution in [3.05, 3.63) is 71.7 Å². The van der Waals surface area contributed by atoms with Crippen LogP contribution in [0.3, 0.4) is 0 Å². The van der Waals surface area contributed by atoms with Crippen LogP contribution >= 0.6 is 0 Å². The zero-order valence-corrected chi connectivity index (χ0v) is 15.3. The van der Waals surface area contributed by atoms with Crippen LogP contribution in [0.5, 0.6) is 0 Å². The first-order valence-electron chi connectivity index (χ1n) is 7.93. The lowest BCUT2D eigenvalue weighted by atomic mass is 9.83. The monoisotopic (exact) mass is 342 g/mol. The molecule has 3 rings (SSSR count). The second-order valence-electron chi connectivity index (χ2n) is 6.74.